The van der Waals surface area contributed by atoms with E-state index >= 15 is 0 Å². The van der Waals surface area contributed by atoms with Crippen LogP contribution in [0.5, 0.6) is 0 Å². The third kappa shape index (κ3) is 5.30. The maximum absolute atomic E-state index is 14.3. The maximum Gasteiger partial charge on any atom is 0.422 e. The molecule has 0 aliphatic carbocycles. The Hall–Kier alpha value is -3.05. The van der Waals surface area contributed by atoms with Crippen LogP contribution in [0.3, 0.4) is 0 Å². The molecule has 11 heteroatoms. The maximum atomic E-state index is 14.3. The molecule has 30 heavy (non-hydrogen) atoms. The standard InChI is InChI=1S/C19H17F5N2O4/c20-11-7-6-10(14(21)13(11)19(22,23)24)15(18(29)30)26-17(28)16(27)12(25)8-9-4-2-1-3-5-9/h1-7,12,15-16,27H,8,25H2,(H,26,28)(H,29,30)/t12-,15+,16+/m1/s1. The second kappa shape index (κ2) is 9.18. The van der Waals surface area contributed by atoms with Crippen LogP contribution in [-0.4, -0.2) is 34.2 Å². The van der Waals surface area contributed by atoms with Crippen LogP contribution in [-0.2, 0) is 22.2 Å². The first-order chi connectivity index (χ1) is 13.9. The summed E-state index contributed by atoms with van der Waals surface area (Å²) in [6, 6.07) is 5.62. The van der Waals surface area contributed by atoms with Gasteiger partial charge in [0.2, 0.25) is 0 Å². The van der Waals surface area contributed by atoms with Gasteiger partial charge in [0.15, 0.2) is 6.04 Å². The number of rotatable bonds is 7. The second-order valence-corrected chi connectivity index (χ2v) is 6.40. The van der Waals surface area contributed by atoms with Gasteiger partial charge in [-0.3, -0.25) is 4.79 Å². The Kier molecular flexibility index (Phi) is 7.11. The Morgan fingerprint density at radius 3 is 2.20 bits per heavy atom. The van der Waals surface area contributed by atoms with Crippen molar-refractivity contribution in [1.29, 1.82) is 0 Å². The number of halogens is 5. The monoisotopic (exact) mass is 432 g/mol. The summed E-state index contributed by atoms with van der Waals surface area (Å²) in [4.78, 5) is 23.6. The van der Waals surface area contributed by atoms with Crippen molar-refractivity contribution < 1.29 is 41.8 Å². The number of carbonyl (C=O) groups is 2. The van der Waals surface area contributed by atoms with Crippen molar-refractivity contribution in [3.8, 4) is 0 Å². The molecule has 0 saturated heterocycles. The van der Waals surface area contributed by atoms with Crippen LogP contribution >= 0.6 is 0 Å². The highest BCUT2D eigenvalue weighted by Crippen LogP contribution is 2.36. The smallest absolute Gasteiger partial charge is 0.422 e. The van der Waals surface area contributed by atoms with Crippen molar-refractivity contribution in [3.63, 3.8) is 0 Å². The van der Waals surface area contributed by atoms with Gasteiger partial charge in [-0.05, 0) is 18.1 Å². The number of benzene rings is 2. The largest absolute Gasteiger partial charge is 0.479 e. The van der Waals surface area contributed by atoms with Crippen molar-refractivity contribution in [2.45, 2.75) is 30.8 Å². The molecule has 0 saturated carbocycles. The lowest BCUT2D eigenvalue weighted by Gasteiger charge is -2.22. The van der Waals surface area contributed by atoms with Gasteiger partial charge in [0.25, 0.3) is 5.91 Å². The molecular formula is C19H17F5N2O4. The van der Waals surface area contributed by atoms with E-state index in [1.165, 1.54) is 0 Å². The Balaban J connectivity index is 2.25. The normalized spacial score (nSPS) is 14.6. The molecule has 0 spiro atoms. The molecule has 0 radical (unpaired) electrons. The molecule has 6 nitrogen and oxygen atoms in total. The Bertz CT molecular complexity index is 921. The van der Waals surface area contributed by atoms with E-state index in [9.17, 15) is 41.8 Å². The summed E-state index contributed by atoms with van der Waals surface area (Å²) < 4.78 is 66.4. The Labute approximate surface area is 167 Å². The van der Waals surface area contributed by atoms with Crippen LogP contribution in [0.4, 0.5) is 22.0 Å². The molecule has 162 valence electrons. The van der Waals surface area contributed by atoms with Gasteiger partial charge in [0.1, 0.15) is 23.3 Å². The fourth-order valence-electron chi connectivity index (χ4n) is 2.74. The van der Waals surface area contributed by atoms with Crippen LogP contribution in [0.15, 0.2) is 42.5 Å². The zero-order valence-electron chi connectivity index (χ0n) is 15.2. The molecule has 0 fully saturated rings. The number of alkyl halides is 3. The fourth-order valence-corrected chi connectivity index (χ4v) is 2.74. The van der Waals surface area contributed by atoms with E-state index in [0.717, 1.165) is 0 Å². The number of hydrogen-bond acceptors (Lipinski definition) is 4. The zero-order valence-corrected chi connectivity index (χ0v) is 15.2. The number of carbonyl (C=O) groups excluding carboxylic acids is 1. The van der Waals surface area contributed by atoms with Crippen molar-refractivity contribution in [2.75, 3.05) is 0 Å². The van der Waals surface area contributed by atoms with Gasteiger partial charge in [-0.1, -0.05) is 36.4 Å². The van der Waals surface area contributed by atoms with Gasteiger partial charge in [0, 0.05) is 11.6 Å². The minimum absolute atomic E-state index is 0.0241. The summed E-state index contributed by atoms with van der Waals surface area (Å²) in [5.74, 6) is -7.39. The number of aliphatic hydroxyl groups excluding tert-OH is 1. The van der Waals surface area contributed by atoms with Crippen LogP contribution in [0, 0.1) is 11.6 Å². The molecule has 2 rings (SSSR count). The summed E-state index contributed by atoms with van der Waals surface area (Å²) >= 11 is 0. The van der Waals surface area contributed by atoms with E-state index in [-0.39, 0.29) is 12.5 Å². The second-order valence-electron chi connectivity index (χ2n) is 6.40. The molecule has 0 aromatic heterocycles. The van der Waals surface area contributed by atoms with Crippen molar-refractivity contribution in [1.82, 2.24) is 5.32 Å². The molecule has 0 unspecified atom stereocenters. The molecule has 0 bridgehead atoms. The number of carboxylic acids is 1. The van der Waals surface area contributed by atoms with E-state index in [0.29, 0.717) is 11.6 Å². The van der Waals surface area contributed by atoms with Gasteiger partial charge in [0.05, 0.1) is 0 Å². The Morgan fingerprint density at radius 1 is 1.07 bits per heavy atom. The summed E-state index contributed by atoms with van der Waals surface area (Å²) in [5, 5.41) is 21.0. The van der Waals surface area contributed by atoms with Gasteiger partial charge >= 0.3 is 12.1 Å². The lowest BCUT2D eigenvalue weighted by Crippen LogP contribution is -2.49. The lowest BCUT2D eigenvalue weighted by atomic mass is 9.99. The van der Waals surface area contributed by atoms with E-state index in [1.807, 2.05) is 0 Å². The number of carboxylic acid groups (broad SMARTS) is 1. The van der Waals surface area contributed by atoms with Crippen LogP contribution in [0.1, 0.15) is 22.7 Å². The highest BCUT2D eigenvalue weighted by molar-refractivity contribution is 5.87. The van der Waals surface area contributed by atoms with Crippen LogP contribution in [0.2, 0.25) is 0 Å². The van der Waals surface area contributed by atoms with Crippen LogP contribution in [0.25, 0.3) is 0 Å². The van der Waals surface area contributed by atoms with Gasteiger partial charge < -0.3 is 21.3 Å². The van der Waals surface area contributed by atoms with Crippen molar-refractivity contribution in [2.24, 2.45) is 5.73 Å². The first-order valence-electron chi connectivity index (χ1n) is 8.49. The van der Waals surface area contributed by atoms with Gasteiger partial charge in [-0.2, -0.15) is 13.2 Å². The molecule has 0 aliphatic rings. The van der Waals surface area contributed by atoms with E-state index in [2.05, 4.69) is 0 Å². The number of amides is 1. The van der Waals surface area contributed by atoms with E-state index in [1.54, 1.807) is 35.6 Å². The number of nitrogens with one attached hydrogen (secondary N) is 1. The number of aliphatic carboxylic acids is 1. The van der Waals surface area contributed by atoms with Crippen LogP contribution < -0.4 is 11.1 Å². The summed E-state index contributed by atoms with van der Waals surface area (Å²) in [6.45, 7) is 0. The molecule has 1 amide bonds. The average molecular weight is 432 g/mol. The van der Waals surface area contributed by atoms with Crippen molar-refractivity contribution in [3.05, 3.63) is 70.8 Å². The first kappa shape index (κ1) is 23.2. The molecule has 2 aromatic carbocycles. The third-order valence-electron chi connectivity index (χ3n) is 4.24. The molecule has 3 atom stereocenters. The van der Waals surface area contributed by atoms with Gasteiger partial charge in [-0.15, -0.1) is 0 Å². The predicted molar refractivity (Wildman–Crippen MR) is 94.0 cm³/mol. The predicted octanol–water partition coefficient (Wildman–Crippen LogP) is 2.16. The summed E-state index contributed by atoms with van der Waals surface area (Å²) in [7, 11) is 0. The lowest BCUT2D eigenvalue weighted by molar-refractivity contribution is -0.145. The first-order valence-corrected chi connectivity index (χ1v) is 8.49. The molecule has 0 aliphatic heterocycles. The highest BCUT2D eigenvalue weighted by Gasteiger charge is 2.41. The third-order valence-corrected chi connectivity index (χ3v) is 4.24. The Morgan fingerprint density at radius 2 is 1.67 bits per heavy atom. The number of hydrogen-bond donors (Lipinski definition) is 4. The zero-order chi connectivity index (χ0) is 22.6. The minimum atomic E-state index is -5.44. The summed E-state index contributed by atoms with van der Waals surface area (Å²) in [6.07, 6.45) is -7.36. The SMILES string of the molecule is N[C@H](Cc1ccccc1)[C@H](O)C(=O)N[C@H](C(=O)O)c1ccc(F)c(C(F)(F)F)c1F. The quantitative estimate of drug-likeness (QED) is 0.501. The highest BCUT2D eigenvalue weighted by atomic mass is 19.4. The minimum Gasteiger partial charge on any atom is -0.479 e. The van der Waals surface area contributed by atoms with Crippen molar-refractivity contribution >= 4 is 11.9 Å². The molecule has 2 aromatic rings. The van der Waals surface area contributed by atoms with Gasteiger partial charge in [-0.25, -0.2) is 13.6 Å². The average Bonchev–Trinajstić information content (AvgIpc) is 2.65. The summed E-state index contributed by atoms with van der Waals surface area (Å²) in [5.41, 5.74) is 2.98. The number of aliphatic hydroxyl groups is 1. The number of nitrogens with two attached hydrogens (primary N) is 1. The molecule has 5 N–H and O–H groups in total. The molecule has 0 heterocycles. The fraction of sp³-hybridized carbons (Fsp3) is 0.263. The van der Waals surface area contributed by atoms with E-state index in [4.69, 9.17) is 5.73 Å². The topological polar surface area (TPSA) is 113 Å². The van der Waals surface area contributed by atoms with E-state index < -0.39 is 59.0 Å². The molecular weight excluding hydrogens is 415 g/mol.